The van der Waals surface area contributed by atoms with Crippen LogP contribution < -0.4 is 5.32 Å². The van der Waals surface area contributed by atoms with Gasteiger partial charge in [-0.1, -0.05) is 12.1 Å². The van der Waals surface area contributed by atoms with Crippen molar-refractivity contribution in [2.45, 2.75) is 13.3 Å². The van der Waals surface area contributed by atoms with Gasteiger partial charge >= 0.3 is 11.9 Å². The summed E-state index contributed by atoms with van der Waals surface area (Å²) in [6.07, 6.45) is 0.301. The van der Waals surface area contributed by atoms with Gasteiger partial charge in [0.15, 0.2) is 0 Å². The number of hydrogen-bond acceptors (Lipinski definition) is 3. The highest BCUT2D eigenvalue weighted by atomic mass is 16.4. The zero-order valence-corrected chi connectivity index (χ0v) is 10.2. The molecule has 0 radical (unpaired) electrons. The summed E-state index contributed by atoms with van der Waals surface area (Å²) in [5, 5.41) is 20.3. The van der Waals surface area contributed by atoms with Crippen LogP contribution in [0.25, 0.3) is 0 Å². The highest BCUT2D eigenvalue weighted by molar-refractivity contribution is 6.04. The number of aryl methyl sites for hydroxylation is 1. The molecule has 1 aliphatic rings. The van der Waals surface area contributed by atoms with E-state index in [2.05, 4.69) is 5.32 Å². The number of carbonyl (C=O) groups is 3. The van der Waals surface area contributed by atoms with Crippen molar-refractivity contribution in [2.24, 2.45) is 11.8 Å². The molecule has 100 valence electrons. The minimum atomic E-state index is -1.13. The number of aromatic carboxylic acids is 1. The van der Waals surface area contributed by atoms with E-state index < -0.39 is 29.7 Å². The number of carbonyl (C=O) groups excluding carboxylic acids is 1. The zero-order valence-electron chi connectivity index (χ0n) is 10.2. The van der Waals surface area contributed by atoms with E-state index in [1.165, 1.54) is 6.07 Å². The molecule has 6 nitrogen and oxygen atoms in total. The van der Waals surface area contributed by atoms with Crippen LogP contribution in [-0.4, -0.2) is 28.1 Å². The fourth-order valence-electron chi connectivity index (χ4n) is 1.99. The third kappa shape index (κ3) is 2.57. The summed E-state index contributed by atoms with van der Waals surface area (Å²) in [4.78, 5) is 33.6. The number of carboxylic acid groups (broad SMARTS) is 2. The van der Waals surface area contributed by atoms with Crippen molar-refractivity contribution >= 4 is 23.5 Å². The number of carboxylic acids is 2. The first-order valence-corrected chi connectivity index (χ1v) is 5.78. The molecular formula is C13H13NO5. The van der Waals surface area contributed by atoms with E-state index in [1.807, 2.05) is 0 Å². The molecule has 0 unspecified atom stereocenters. The fourth-order valence-corrected chi connectivity index (χ4v) is 1.99. The number of rotatable bonds is 4. The Hall–Kier alpha value is -2.37. The first kappa shape index (κ1) is 13.1. The van der Waals surface area contributed by atoms with Crippen LogP contribution >= 0.6 is 0 Å². The molecule has 0 spiro atoms. The van der Waals surface area contributed by atoms with Gasteiger partial charge in [0.1, 0.15) is 0 Å². The molecule has 0 heterocycles. The van der Waals surface area contributed by atoms with E-state index in [1.54, 1.807) is 19.1 Å². The van der Waals surface area contributed by atoms with Crippen LogP contribution in [0.1, 0.15) is 22.3 Å². The van der Waals surface area contributed by atoms with Gasteiger partial charge in [-0.3, -0.25) is 9.59 Å². The lowest BCUT2D eigenvalue weighted by Gasteiger charge is -2.11. The number of amides is 1. The van der Waals surface area contributed by atoms with Crippen LogP contribution in [0.5, 0.6) is 0 Å². The molecule has 1 amide bonds. The molecular weight excluding hydrogens is 250 g/mol. The van der Waals surface area contributed by atoms with Crippen molar-refractivity contribution in [3.8, 4) is 0 Å². The highest BCUT2D eigenvalue weighted by Gasteiger charge is 2.48. The Balaban J connectivity index is 2.18. The van der Waals surface area contributed by atoms with E-state index in [4.69, 9.17) is 10.2 Å². The Morgan fingerprint density at radius 2 is 1.89 bits per heavy atom. The average molecular weight is 263 g/mol. The van der Waals surface area contributed by atoms with Crippen LogP contribution in [0.2, 0.25) is 0 Å². The van der Waals surface area contributed by atoms with Crippen molar-refractivity contribution in [3.05, 3.63) is 29.3 Å². The zero-order chi connectivity index (χ0) is 14.2. The number of para-hydroxylation sites is 1. The molecule has 0 bridgehead atoms. The molecule has 0 aliphatic heterocycles. The van der Waals surface area contributed by atoms with Crippen molar-refractivity contribution < 1.29 is 24.6 Å². The predicted octanol–water partition coefficient (Wildman–Crippen LogP) is 1.35. The van der Waals surface area contributed by atoms with Gasteiger partial charge in [0.2, 0.25) is 5.91 Å². The molecule has 1 fully saturated rings. The molecule has 1 aliphatic carbocycles. The average Bonchev–Trinajstić information content (AvgIpc) is 3.11. The first-order valence-electron chi connectivity index (χ1n) is 5.78. The monoisotopic (exact) mass is 263 g/mol. The molecule has 1 aromatic rings. The van der Waals surface area contributed by atoms with Crippen molar-refractivity contribution in [1.82, 2.24) is 0 Å². The van der Waals surface area contributed by atoms with Crippen LogP contribution in [0.15, 0.2) is 18.2 Å². The summed E-state index contributed by atoms with van der Waals surface area (Å²) >= 11 is 0. The Morgan fingerprint density at radius 1 is 1.21 bits per heavy atom. The normalized spacial score (nSPS) is 20.7. The van der Waals surface area contributed by atoms with Gasteiger partial charge in [0.25, 0.3) is 0 Å². The molecule has 2 rings (SSSR count). The SMILES string of the molecule is Cc1cccc(C(=O)O)c1NC(=O)[C@@H]1C[C@@H]1C(=O)O. The summed E-state index contributed by atoms with van der Waals surface area (Å²) in [5.41, 5.74) is 0.859. The Kier molecular flexibility index (Phi) is 3.25. The number of anilines is 1. The molecule has 6 heteroatoms. The largest absolute Gasteiger partial charge is 0.481 e. The van der Waals surface area contributed by atoms with Gasteiger partial charge < -0.3 is 15.5 Å². The maximum absolute atomic E-state index is 11.8. The smallest absolute Gasteiger partial charge is 0.337 e. The van der Waals surface area contributed by atoms with Crippen molar-refractivity contribution in [2.75, 3.05) is 5.32 Å². The molecule has 0 saturated heterocycles. The second-order valence-electron chi connectivity index (χ2n) is 4.58. The Bertz CT molecular complexity index is 566. The van der Waals surface area contributed by atoms with Crippen LogP contribution in [0.4, 0.5) is 5.69 Å². The topological polar surface area (TPSA) is 104 Å². The van der Waals surface area contributed by atoms with Gasteiger partial charge in [0, 0.05) is 0 Å². The third-order valence-corrected chi connectivity index (χ3v) is 3.20. The lowest BCUT2D eigenvalue weighted by Crippen LogP contribution is -2.19. The van der Waals surface area contributed by atoms with Crippen LogP contribution in [-0.2, 0) is 9.59 Å². The van der Waals surface area contributed by atoms with E-state index >= 15 is 0 Å². The lowest BCUT2D eigenvalue weighted by molar-refractivity contribution is -0.139. The number of hydrogen-bond donors (Lipinski definition) is 3. The van der Waals surface area contributed by atoms with Crippen molar-refractivity contribution in [1.29, 1.82) is 0 Å². The summed E-state index contributed by atoms with van der Waals surface area (Å²) in [6, 6.07) is 4.67. The summed E-state index contributed by atoms with van der Waals surface area (Å²) in [5.74, 6) is -3.80. The number of nitrogens with one attached hydrogen (secondary N) is 1. The van der Waals surface area contributed by atoms with Gasteiger partial charge in [0.05, 0.1) is 23.1 Å². The quantitative estimate of drug-likeness (QED) is 0.760. The second-order valence-corrected chi connectivity index (χ2v) is 4.58. The minimum absolute atomic E-state index is 0.000810. The van der Waals surface area contributed by atoms with Crippen molar-refractivity contribution in [3.63, 3.8) is 0 Å². The van der Waals surface area contributed by atoms with E-state index in [0.29, 0.717) is 12.0 Å². The maximum atomic E-state index is 11.8. The lowest BCUT2D eigenvalue weighted by atomic mass is 10.1. The highest BCUT2D eigenvalue weighted by Crippen LogP contribution is 2.39. The Morgan fingerprint density at radius 3 is 2.42 bits per heavy atom. The van der Waals surface area contributed by atoms with Crippen LogP contribution in [0, 0.1) is 18.8 Å². The summed E-state index contributed by atoms with van der Waals surface area (Å²) in [7, 11) is 0. The first-order chi connectivity index (χ1) is 8.91. The summed E-state index contributed by atoms with van der Waals surface area (Å²) in [6.45, 7) is 1.68. The van der Waals surface area contributed by atoms with Gasteiger partial charge in [-0.15, -0.1) is 0 Å². The standard InChI is InChI=1S/C13H13NO5/c1-6-3-2-4-7(12(16)17)10(6)14-11(15)8-5-9(8)13(18)19/h2-4,8-9H,5H2,1H3,(H,14,15)(H,16,17)(H,18,19)/t8-,9+/m1/s1. The molecule has 2 atom stereocenters. The van der Waals surface area contributed by atoms with E-state index in [9.17, 15) is 14.4 Å². The van der Waals surface area contributed by atoms with Gasteiger partial charge in [-0.2, -0.15) is 0 Å². The van der Waals surface area contributed by atoms with E-state index in [0.717, 1.165) is 0 Å². The molecule has 1 saturated carbocycles. The minimum Gasteiger partial charge on any atom is -0.481 e. The predicted molar refractivity (Wildman–Crippen MR) is 66.0 cm³/mol. The molecule has 1 aromatic carbocycles. The molecule has 0 aromatic heterocycles. The van der Waals surface area contributed by atoms with Gasteiger partial charge in [-0.05, 0) is 25.0 Å². The molecule has 19 heavy (non-hydrogen) atoms. The fraction of sp³-hybridized carbons (Fsp3) is 0.308. The second kappa shape index (κ2) is 4.72. The van der Waals surface area contributed by atoms with Gasteiger partial charge in [-0.25, -0.2) is 4.79 Å². The van der Waals surface area contributed by atoms with E-state index in [-0.39, 0.29) is 11.3 Å². The number of benzene rings is 1. The number of aliphatic carboxylic acids is 1. The summed E-state index contributed by atoms with van der Waals surface area (Å²) < 4.78 is 0. The van der Waals surface area contributed by atoms with Crippen LogP contribution in [0.3, 0.4) is 0 Å². The Labute approximate surface area is 109 Å². The maximum Gasteiger partial charge on any atom is 0.337 e. The third-order valence-electron chi connectivity index (χ3n) is 3.20. The molecule has 3 N–H and O–H groups in total.